The maximum absolute atomic E-state index is 6.09. The fourth-order valence-electron chi connectivity index (χ4n) is 1.81. The molecule has 1 aromatic rings. The van der Waals surface area contributed by atoms with Crippen LogP contribution in [0.5, 0.6) is 5.75 Å². The van der Waals surface area contributed by atoms with Crippen LogP contribution in [0.4, 0.5) is 0 Å². The zero-order chi connectivity index (χ0) is 10.1. The first kappa shape index (κ1) is 9.81. The molecule has 0 fully saturated rings. The zero-order valence-corrected chi connectivity index (χ0v) is 8.97. The first-order valence-corrected chi connectivity index (χ1v) is 5.24. The molecule has 3 heteroatoms. The standard InChI is InChI=1S/C11H14ClNO/c1-7(13)4-8-5-9-2-3-14-11(9)10(12)6-8/h5-7H,2-4,13H2,1H3. The minimum Gasteiger partial charge on any atom is -0.491 e. The largest absolute Gasteiger partial charge is 0.491 e. The van der Waals surface area contributed by atoms with Crippen molar-refractivity contribution in [1.29, 1.82) is 0 Å². The Labute approximate surface area is 89.0 Å². The van der Waals surface area contributed by atoms with Gasteiger partial charge in [-0.05, 0) is 30.5 Å². The molecule has 2 rings (SSSR count). The number of hydrogen-bond donors (Lipinski definition) is 1. The van der Waals surface area contributed by atoms with Crippen molar-refractivity contribution in [3.05, 3.63) is 28.3 Å². The predicted molar refractivity (Wildman–Crippen MR) is 58.0 cm³/mol. The Balaban J connectivity index is 2.32. The monoisotopic (exact) mass is 211 g/mol. The summed E-state index contributed by atoms with van der Waals surface area (Å²) >= 11 is 6.09. The van der Waals surface area contributed by atoms with Crippen LogP contribution in [0.2, 0.25) is 5.02 Å². The molecule has 1 atom stereocenters. The molecule has 76 valence electrons. The van der Waals surface area contributed by atoms with Crippen LogP contribution in [0.15, 0.2) is 12.1 Å². The van der Waals surface area contributed by atoms with E-state index in [-0.39, 0.29) is 6.04 Å². The van der Waals surface area contributed by atoms with Crippen molar-refractivity contribution in [2.45, 2.75) is 25.8 Å². The molecule has 14 heavy (non-hydrogen) atoms. The fourth-order valence-corrected chi connectivity index (χ4v) is 2.13. The van der Waals surface area contributed by atoms with E-state index in [2.05, 4.69) is 6.07 Å². The molecule has 0 bridgehead atoms. The van der Waals surface area contributed by atoms with Gasteiger partial charge in [0.1, 0.15) is 5.75 Å². The highest BCUT2D eigenvalue weighted by molar-refractivity contribution is 6.32. The van der Waals surface area contributed by atoms with Crippen LogP contribution in [-0.2, 0) is 12.8 Å². The number of nitrogens with two attached hydrogens (primary N) is 1. The highest BCUT2D eigenvalue weighted by Crippen LogP contribution is 2.34. The van der Waals surface area contributed by atoms with Gasteiger partial charge in [-0.3, -0.25) is 0 Å². The van der Waals surface area contributed by atoms with E-state index < -0.39 is 0 Å². The molecule has 1 aromatic carbocycles. The molecule has 1 heterocycles. The van der Waals surface area contributed by atoms with Gasteiger partial charge in [0.25, 0.3) is 0 Å². The molecule has 1 aliphatic heterocycles. The summed E-state index contributed by atoms with van der Waals surface area (Å²) in [5.41, 5.74) is 8.16. The lowest BCUT2D eigenvalue weighted by molar-refractivity contribution is 0.357. The second kappa shape index (κ2) is 3.79. The first-order valence-electron chi connectivity index (χ1n) is 4.86. The molecule has 2 nitrogen and oxygen atoms in total. The normalized spacial score (nSPS) is 16.2. The van der Waals surface area contributed by atoms with E-state index >= 15 is 0 Å². The van der Waals surface area contributed by atoms with E-state index in [0.717, 1.165) is 30.2 Å². The number of hydrogen-bond acceptors (Lipinski definition) is 2. The molecule has 0 amide bonds. The average Bonchev–Trinajstić information content (AvgIpc) is 2.50. The van der Waals surface area contributed by atoms with Crippen LogP contribution in [0.1, 0.15) is 18.1 Å². The maximum Gasteiger partial charge on any atom is 0.141 e. The number of halogens is 1. The summed E-state index contributed by atoms with van der Waals surface area (Å²) in [6, 6.07) is 4.28. The molecule has 1 unspecified atom stereocenters. The van der Waals surface area contributed by atoms with E-state index in [0.29, 0.717) is 0 Å². The SMILES string of the molecule is CC(N)Cc1cc(Cl)c2c(c1)CCO2. The van der Waals surface area contributed by atoms with Crippen molar-refractivity contribution in [3.8, 4) is 5.75 Å². The average molecular weight is 212 g/mol. The van der Waals surface area contributed by atoms with E-state index in [9.17, 15) is 0 Å². The van der Waals surface area contributed by atoms with Gasteiger partial charge in [0.15, 0.2) is 0 Å². The van der Waals surface area contributed by atoms with Gasteiger partial charge in [0.2, 0.25) is 0 Å². The zero-order valence-electron chi connectivity index (χ0n) is 8.22. The predicted octanol–water partition coefficient (Wildman–Crippen LogP) is 2.16. The molecule has 0 aromatic heterocycles. The lowest BCUT2D eigenvalue weighted by atomic mass is 10.0. The third-order valence-electron chi connectivity index (χ3n) is 2.36. The van der Waals surface area contributed by atoms with Crippen LogP contribution < -0.4 is 10.5 Å². The van der Waals surface area contributed by atoms with Crippen LogP contribution in [0.25, 0.3) is 0 Å². The van der Waals surface area contributed by atoms with Gasteiger partial charge in [-0.2, -0.15) is 0 Å². The Morgan fingerprint density at radius 3 is 3.07 bits per heavy atom. The highest BCUT2D eigenvalue weighted by Gasteiger charge is 2.16. The molecule has 0 aliphatic carbocycles. The molecular weight excluding hydrogens is 198 g/mol. The smallest absolute Gasteiger partial charge is 0.141 e. The summed E-state index contributed by atoms with van der Waals surface area (Å²) in [6.45, 7) is 2.74. The first-order chi connectivity index (χ1) is 6.66. The second-order valence-corrected chi connectivity index (χ2v) is 4.25. The van der Waals surface area contributed by atoms with Crippen molar-refractivity contribution in [3.63, 3.8) is 0 Å². The molecule has 0 spiro atoms. The quantitative estimate of drug-likeness (QED) is 0.814. The Kier molecular flexibility index (Phi) is 2.66. The van der Waals surface area contributed by atoms with Crippen molar-refractivity contribution in [2.24, 2.45) is 5.73 Å². The van der Waals surface area contributed by atoms with E-state index in [1.54, 1.807) is 0 Å². The van der Waals surface area contributed by atoms with Gasteiger partial charge in [0.05, 0.1) is 11.6 Å². The van der Waals surface area contributed by atoms with E-state index in [1.807, 2.05) is 13.0 Å². The van der Waals surface area contributed by atoms with Crippen LogP contribution in [0, 0.1) is 0 Å². The van der Waals surface area contributed by atoms with Gasteiger partial charge in [-0.1, -0.05) is 17.7 Å². The number of benzene rings is 1. The third kappa shape index (κ3) is 1.86. The Hall–Kier alpha value is -0.730. The van der Waals surface area contributed by atoms with Crippen molar-refractivity contribution in [1.82, 2.24) is 0 Å². The Morgan fingerprint density at radius 1 is 1.57 bits per heavy atom. The molecular formula is C11H14ClNO. The third-order valence-corrected chi connectivity index (χ3v) is 2.64. The second-order valence-electron chi connectivity index (χ2n) is 3.85. The summed E-state index contributed by atoms with van der Waals surface area (Å²) in [7, 11) is 0. The van der Waals surface area contributed by atoms with Crippen LogP contribution in [-0.4, -0.2) is 12.6 Å². The summed E-state index contributed by atoms with van der Waals surface area (Å²) in [4.78, 5) is 0. The highest BCUT2D eigenvalue weighted by atomic mass is 35.5. The molecule has 0 saturated carbocycles. The van der Waals surface area contributed by atoms with Crippen molar-refractivity contribution >= 4 is 11.6 Å². The summed E-state index contributed by atoms with van der Waals surface area (Å²) in [5, 5.41) is 0.718. The van der Waals surface area contributed by atoms with Crippen LogP contribution in [0.3, 0.4) is 0 Å². The number of rotatable bonds is 2. The lowest BCUT2D eigenvalue weighted by Crippen LogP contribution is -2.17. The van der Waals surface area contributed by atoms with Crippen LogP contribution >= 0.6 is 11.6 Å². The number of ether oxygens (including phenoxy) is 1. The van der Waals surface area contributed by atoms with E-state index in [1.165, 1.54) is 11.1 Å². The van der Waals surface area contributed by atoms with Gasteiger partial charge < -0.3 is 10.5 Å². The topological polar surface area (TPSA) is 35.2 Å². The van der Waals surface area contributed by atoms with E-state index in [4.69, 9.17) is 22.1 Å². The van der Waals surface area contributed by atoms with Crippen molar-refractivity contribution < 1.29 is 4.74 Å². The summed E-state index contributed by atoms with van der Waals surface area (Å²) in [6.07, 6.45) is 1.83. The van der Waals surface area contributed by atoms with Gasteiger partial charge >= 0.3 is 0 Å². The molecule has 1 aliphatic rings. The van der Waals surface area contributed by atoms with Crippen molar-refractivity contribution in [2.75, 3.05) is 6.61 Å². The molecule has 0 radical (unpaired) electrons. The Bertz CT molecular complexity index is 349. The number of fused-ring (bicyclic) bond motifs is 1. The summed E-state index contributed by atoms with van der Waals surface area (Å²) < 4.78 is 5.43. The van der Waals surface area contributed by atoms with Gasteiger partial charge in [-0.25, -0.2) is 0 Å². The Morgan fingerprint density at radius 2 is 2.36 bits per heavy atom. The fraction of sp³-hybridized carbons (Fsp3) is 0.455. The van der Waals surface area contributed by atoms with Gasteiger partial charge in [-0.15, -0.1) is 0 Å². The molecule has 2 N–H and O–H groups in total. The minimum absolute atomic E-state index is 0.173. The lowest BCUT2D eigenvalue weighted by Gasteiger charge is -2.08. The minimum atomic E-state index is 0.173. The van der Waals surface area contributed by atoms with Gasteiger partial charge in [0, 0.05) is 12.5 Å². The summed E-state index contributed by atoms with van der Waals surface area (Å²) in [5.74, 6) is 0.861. The maximum atomic E-state index is 6.09. The molecule has 0 saturated heterocycles.